The third-order valence-corrected chi connectivity index (χ3v) is 4.34. The van der Waals surface area contributed by atoms with Crippen LogP contribution in [0, 0.1) is 0 Å². The number of hydrogen-bond acceptors (Lipinski definition) is 2. The van der Waals surface area contributed by atoms with Gasteiger partial charge in [0.05, 0.1) is 0 Å². The number of carbonyl (C=O) groups excluding carboxylic acids is 2. The number of carbonyl (C=O) groups is 2. The summed E-state index contributed by atoms with van der Waals surface area (Å²) in [6, 6.07) is 18.3. The second kappa shape index (κ2) is 9.95. The Morgan fingerprint density at radius 2 is 0.955 bits per heavy atom. The number of hydrogen-bond donors (Lipinski definition) is 2. The molecule has 2 aromatic rings. The fourth-order valence-electron chi connectivity index (χ4n) is 1.53. The zero-order chi connectivity index (χ0) is 16.5. The van der Waals surface area contributed by atoms with Crippen molar-refractivity contribution in [1.29, 1.82) is 0 Å². The maximum Gasteiger partial charge on any atom is 0.208 e. The largest absolute Gasteiger partial charge is 0.285 e. The highest BCUT2D eigenvalue weighted by Gasteiger charge is 2.12. The summed E-state index contributed by atoms with van der Waals surface area (Å²) < 4.78 is 0. The Morgan fingerprint density at radius 1 is 0.682 bits per heavy atom. The van der Waals surface area contributed by atoms with E-state index < -0.39 is 10.8 Å². The van der Waals surface area contributed by atoms with Crippen molar-refractivity contribution in [2.45, 2.75) is 10.8 Å². The molecule has 6 heteroatoms. The van der Waals surface area contributed by atoms with Gasteiger partial charge < -0.3 is 0 Å². The minimum atomic E-state index is -0.625. The van der Waals surface area contributed by atoms with Crippen molar-refractivity contribution in [3.8, 4) is 0 Å². The Labute approximate surface area is 150 Å². The number of halogens is 2. The second-order valence-electron chi connectivity index (χ2n) is 4.22. The van der Waals surface area contributed by atoms with E-state index in [0.717, 1.165) is 11.1 Å². The van der Waals surface area contributed by atoms with Gasteiger partial charge in [-0.3, -0.25) is 9.59 Å². The van der Waals surface area contributed by atoms with E-state index in [1.165, 1.54) is 0 Å². The zero-order valence-electron chi connectivity index (χ0n) is 11.4. The molecule has 2 aromatic carbocycles. The molecule has 0 bridgehead atoms. The van der Waals surface area contributed by atoms with Gasteiger partial charge in [0.25, 0.3) is 0 Å². The van der Waals surface area contributed by atoms with Gasteiger partial charge >= 0.3 is 0 Å². The Kier molecular flexibility index (Phi) is 8.64. The topological polar surface area (TPSA) is 34.1 Å². The first-order valence-electron chi connectivity index (χ1n) is 6.27. The third kappa shape index (κ3) is 6.44. The molecule has 0 heterocycles. The van der Waals surface area contributed by atoms with Crippen LogP contribution in [0.3, 0.4) is 0 Å². The van der Waals surface area contributed by atoms with E-state index in [1.54, 1.807) is 24.3 Å². The average Bonchev–Trinajstić information content (AvgIpc) is 2.55. The van der Waals surface area contributed by atoms with Crippen LogP contribution in [0.1, 0.15) is 21.9 Å². The highest BCUT2D eigenvalue weighted by molar-refractivity contribution is 7.97. The summed E-state index contributed by atoms with van der Waals surface area (Å²) in [5.74, 6) is 0. The molecule has 116 valence electrons. The van der Waals surface area contributed by atoms with Gasteiger partial charge in [0.1, 0.15) is 10.8 Å². The molecule has 0 fully saturated rings. The molecule has 0 amide bonds. The van der Waals surface area contributed by atoms with Crippen LogP contribution in [0.15, 0.2) is 60.7 Å². The molecule has 2 nitrogen and oxygen atoms in total. The molecule has 0 aliphatic carbocycles. The standard InChI is InChI=1S/2C8H7ClOS/c2*9-7(8(10)11)6-4-2-1-3-5-6/h2*1-5,7H,(H,10,11). The minimum absolute atomic E-state index is 0.321. The van der Waals surface area contributed by atoms with E-state index in [4.69, 9.17) is 23.2 Å². The predicted molar refractivity (Wildman–Crippen MR) is 98.1 cm³/mol. The van der Waals surface area contributed by atoms with E-state index in [2.05, 4.69) is 25.3 Å². The molecule has 0 spiro atoms. The van der Waals surface area contributed by atoms with E-state index in [0.29, 0.717) is 0 Å². The molecule has 2 atom stereocenters. The summed E-state index contributed by atoms with van der Waals surface area (Å²) in [4.78, 5) is 21.4. The van der Waals surface area contributed by atoms with Gasteiger partial charge in [-0.2, -0.15) is 0 Å². The van der Waals surface area contributed by atoms with Gasteiger partial charge in [-0.25, -0.2) is 0 Å². The van der Waals surface area contributed by atoms with Crippen molar-refractivity contribution >= 4 is 58.7 Å². The Hall–Kier alpha value is -0.940. The fraction of sp³-hybridized carbons (Fsp3) is 0.125. The molecule has 22 heavy (non-hydrogen) atoms. The van der Waals surface area contributed by atoms with Crippen LogP contribution in [0.5, 0.6) is 0 Å². The van der Waals surface area contributed by atoms with Crippen LogP contribution in [-0.4, -0.2) is 10.2 Å². The molecule has 0 N–H and O–H groups in total. The lowest BCUT2D eigenvalue weighted by Gasteiger charge is -2.02. The van der Waals surface area contributed by atoms with Crippen LogP contribution in [0.25, 0.3) is 0 Å². The molecule has 0 aromatic heterocycles. The zero-order valence-corrected chi connectivity index (χ0v) is 14.7. The molecule has 0 saturated heterocycles. The Bertz CT molecular complexity index is 551. The lowest BCUT2D eigenvalue weighted by atomic mass is 10.2. The average molecular weight is 373 g/mol. The quantitative estimate of drug-likeness (QED) is 0.594. The van der Waals surface area contributed by atoms with Gasteiger partial charge in [0.15, 0.2) is 0 Å². The Morgan fingerprint density at radius 3 is 1.18 bits per heavy atom. The first-order valence-corrected chi connectivity index (χ1v) is 8.04. The molecule has 0 aliphatic heterocycles. The highest BCUT2D eigenvalue weighted by atomic mass is 35.5. The van der Waals surface area contributed by atoms with Crippen molar-refractivity contribution in [1.82, 2.24) is 0 Å². The van der Waals surface area contributed by atoms with Gasteiger partial charge in [-0.1, -0.05) is 60.7 Å². The first-order chi connectivity index (χ1) is 10.4. The number of rotatable bonds is 4. The van der Waals surface area contributed by atoms with E-state index in [-0.39, 0.29) is 10.2 Å². The van der Waals surface area contributed by atoms with Gasteiger partial charge in [0.2, 0.25) is 10.2 Å². The van der Waals surface area contributed by atoms with E-state index in [1.807, 2.05) is 36.4 Å². The summed E-state index contributed by atoms with van der Waals surface area (Å²) in [7, 11) is 0. The van der Waals surface area contributed by atoms with Crippen LogP contribution < -0.4 is 0 Å². The molecule has 0 saturated carbocycles. The van der Waals surface area contributed by atoms with Crippen molar-refractivity contribution in [3.63, 3.8) is 0 Å². The Balaban J connectivity index is 0.000000220. The van der Waals surface area contributed by atoms with Gasteiger partial charge in [-0.15, -0.1) is 48.5 Å². The smallest absolute Gasteiger partial charge is 0.208 e. The van der Waals surface area contributed by atoms with Crippen LogP contribution in [-0.2, 0) is 9.59 Å². The maximum absolute atomic E-state index is 10.7. The molecular formula is C16H14Cl2O2S2. The normalized spacial score (nSPS) is 12.5. The van der Waals surface area contributed by atoms with Crippen LogP contribution >= 0.6 is 48.5 Å². The van der Waals surface area contributed by atoms with Crippen molar-refractivity contribution < 1.29 is 9.59 Å². The van der Waals surface area contributed by atoms with Gasteiger partial charge in [0, 0.05) is 0 Å². The lowest BCUT2D eigenvalue weighted by molar-refractivity contribution is -0.111. The summed E-state index contributed by atoms with van der Waals surface area (Å²) in [5.41, 5.74) is 1.57. The fourth-order valence-corrected chi connectivity index (χ4v) is 2.12. The minimum Gasteiger partial charge on any atom is -0.285 e. The van der Waals surface area contributed by atoms with Crippen molar-refractivity contribution in [2.24, 2.45) is 0 Å². The molecule has 2 rings (SSSR count). The lowest BCUT2D eigenvalue weighted by Crippen LogP contribution is -1.97. The monoisotopic (exact) mass is 372 g/mol. The van der Waals surface area contributed by atoms with Crippen molar-refractivity contribution in [2.75, 3.05) is 0 Å². The SMILES string of the molecule is O=C(S)C(Cl)c1ccccc1.O=C(S)C(Cl)c1ccccc1. The molecule has 0 radical (unpaired) electrons. The van der Waals surface area contributed by atoms with E-state index >= 15 is 0 Å². The summed E-state index contributed by atoms with van der Waals surface area (Å²) >= 11 is 18.7. The van der Waals surface area contributed by atoms with E-state index in [9.17, 15) is 9.59 Å². The summed E-state index contributed by atoms with van der Waals surface area (Å²) in [6.45, 7) is 0. The van der Waals surface area contributed by atoms with Crippen LogP contribution in [0.4, 0.5) is 0 Å². The number of benzene rings is 2. The molecular weight excluding hydrogens is 359 g/mol. The van der Waals surface area contributed by atoms with Crippen molar-refractivity contribution in [3.05, 3.63) is 71.8 Å². The summed E-state index contributed by atoms with van der Waals surface area (Å²) in [6.07, 6.45) is 0. The number of alkyl halides is 2. The predicted octanol–water partition coefficient (Wildman–Crippen LogP) is 4.85. The highest BCUT2D eigenvalue weighted by Crippen LogP contribution is 2.22. The number of thiol groups is 2. The third-order valence-electron chi connectivity index (χ3n) is 2.62. The summed E-state index contributed by atoms with van der Waals surface area (Å²) in [5, 5.41) is -1.89. The molecule has 0 aliphatic rings. The first kappa shape index (κ1) is 19.1. The van der Waals surface area contributed by atoms with Crippen LogP contribution in [0.2, 0.25) is 0 Å². The van der Waals surface area contributed by atoms with Gasteiger partial charge in [-0.05, 0) is 11.1 Å². The maximum atomic E-state index is 10.7. The second-order valence-corrected chi connectivity index (χ2v) is 5.98. The molecule has 2 unspecified atom stereocenters.